The number of hydrogen-bond donors (Lipinski definition) is 3. The Kier molecular flexibility index (Phi) is 49.5. The Balaban J connectivity index is 2.72. The molecule has 448 valence electrons. The number of aliphatic carboxylic acids is 1. The predicted octanol–water partition coefficient (Wildman–Crippen LogP) is 16.2. The molecule has 0 aromatic carbocycles. The summed E-state index contributed by atoms with van der Waals surface area (Å²) in [6.07, 6.45) is 60.5. The highest BCUT2D eigenvalue weighted by atomic mass is 16.7. The van der Waals surface area contributed by atoms with Crippen molar-refractivity contribution < 1.29 is 58.2 Å². The van der Waals surface area contributed by atoms with Gasteiger partial charge in [-0.15, -0.1) is 0 Å². The highest BCUT2D eigenvalue weighted by molar-refractivity contribution is 5.74. The van der Waals surface area contributed by atoms with Crippen LogP contribution in [0.1, 0.15) is 239 Å². The zero-order valence-corrected chi connectivity index (χ0v) is 49.3. The molecule has 12 heteroatoms. The molecule has 79 heavy (non-hydrogen) atoms. The summed E-state index contributed by atoms with van der Waals surface area (Å²) in [6, 6.07) is 0. The smallest absolute Gasteiger partial charge is 0.335 e. The maximum absolute atomic E-state index is 13.2. The van der Waals surface area contributed by atoms with E-state index < -0.39 is 67.3 Å². The molecule has 3 N–H and O–H groups in total. The summed E-state index contributed by atoms with van der Waals surface area (Å²) in [6.45, 7) is 5.72. The molecule has 0 amide bonds. The van der Waals surface area contributed by atoms with E-state index in [1.807, 2.05) is 0 Å². The van der Waals surface area contributed by atoms with Gasteiger partial charge in [-0.3, -0.25) is 14.4 Å². The molecule has 0 aromatic heterocycles. The van der Waals surface area contributed by atoms with Gasteiger partial charge in [0.25, 0.3) is 0 Å². The van der Waals surface area contributed by atoms with Gasteiger partial charge in [-0.05, 0) is 122 Å². The third kappa shape index (κ3) is 43.8. The SMILES string of the molecule is CC/C=C\C/C=C\C/C=C\C/C=C\CCCCCCC(=O)OC1C(OCC(COC(=O)CCCCCCCCC/C=C\CCCCCCCC)OC(=O)CCCC/C=C\C/C=C\C/C=C\C/C=C\CC)OC(C(=O)O)C(O)C1O. The fourth-order valence-electron chi connectivity index (χ4n) is 8.64. The lowest BCUT2D eigenvalue weighted by Gasteiger charge is -2.40. The van der Waals surface area contributed by atoms with Crippen molar-refractivity contribution in [1.29, 1.82) is 0 Å². The van der Waals surface area contributed by atoms with Crippen LogP contribution in [0.15, 0.2) is 109 Å². The fourth-order valence-corrected chi connectivity index (χ4v) is 8.64. The number of aliphatic hydroxyl groups is 2. The Morgan fingerprint density at radius 1 is 0.430 bits per heavy atom. The Hall–Kier alpha value is -4.62. The van der Waals surface area contributed by atoms with E-state index >= 15 is 0 Å². The average Bonchev–Trinajstić information content (AvgIpc) is 3.43. The number of carbonyl (C=O) groups is 4. The highest BCUT2D eigenvalue weighted by Gasteiger charge is 2.50. The number of carbonyl (C=O) groups excluding carboxylic acids is 3. The summed E-state index contributed by atoms with van der Waals surface area (Å²) in [5.41, 5.74) is 0. The van der Waals surface area contributed by atoms with Gasteiger partial charge in [-0.2, -0.15) is 0 Å². The number of hydrogen-bond acceptors (Lipinski definition) is 11. The summed E-state index contributed by atoms with van der Waals surface area (Å²) in [4.78, 5) is 51.2. The summed E-state index contributed by atoms with van der Waals surface area (Å²) >= 11 is 0. The van der Waals surface area contributed by atoms with E-state index in [1.165, 1.54) is 57.8 Å². The van der Waals surface area contributed by atoms with Crippen LogP contribution in [0.3, 0.4) is 0 Å². The van der Waals surface area contributed by atoms with Crippen LogP contribution in [0.4, 0.5) is 0 Å². The molecule has 1 saturated heterocycles. The van der Waals surface area contributed by atoms with E-state index in [2.05, 4.69) is 130 Å². The Morgan fingerprint density at radius 2 is 0.797 bits per heavy atom. The van der Waals surface area contributed by atoms with Gasteiger partial charge in [-0.1, -0.05) is 207 Å². The summed E-state index contributed by atoms with van der Waals surface area (Å²) < 4.78 is 28.4. The molecule has 0 aliphatic carbocycles. The van der Waals surface area contributed by atoms with Gasteiger partial charge in [0.15, 0.2) is 24.6 Å². The van der Waals surface area contributed by atoms with Crippen LogP contribution in [0, 0.1) is 0 Å². The molecule has 1 fully saturated rings. The molecule has 0 aromatic rings. The van der Waals surface area contributed by atoms with Gasteiger partial charge in [0.05, 0.1) is 6.61 Å². The number of allylic oxidation sites excluding steroid dienone is 18. The van der Waals surface area contributed by atoms with Gasteiger partial charge in [-0.25, -0.2) is 4.79 Å². The lowest BCUT2D eigenvalue weighted by atomic mass is 9.98. The monoisotopic (exact) mass is 1100 g/mol. The predicted molar refractivity (Wildman–Crippen MR) is 321 cm³/mol. The molecule has 0 saturated carbocycles. The minimum Gasteiger partial charge on any atom is -0.479 e. The Morgan fingerprint density at radius 3 is 1.25 bits per heavy atom. The second-order valence-electron chi connectivity index (χ2n) is 20.6. The second-order valence-corrected chi connectivity index (χ2v) is 20.6. The Bertz CT molecular complexity index is 1790. The van der Waals surface area contributed by atoms with E-state index in [0.717, 1.165) is 122 Å². The van der Waals surface area contributed by atoms with Crippen molar-refractivity contribution in [3.05, 3.63) is 109 Å². The first-order valence-corrected chi connectivity index (χ1v) is 30.9. The first-order valence-electron chi connectivity index (χ1n) is 30.9. The fraction of sp³-hybridized carbons (Fsp3) is 0.672. The second kappa shape index (κ2) is 54.0. The van der Waals surface area contributed by atoms with Crippen LogP contribution in [0.25, 0.3) is 0 Å². The number of carboxylic acids is 1. The summed E-state index contributed by atoms with van der Waals surface area (Å²) in [5, 5.41) is 31.5. The number of aliphatic hydroxyl groups excluding tert-OH is 2. The van der Waals surface area contributed by atoms with Crippen molar-refractivity contribution in [2.45, 2.75) is 276 Å². The minimum atomic E-state index is -1.92. The number of ether oxygens (including phenoxy) is 5. The molecule has 12 nitrogen and oxygen atoms in total. The maximum Gasteiger partial charge on any atom is 0.335 e. The first kappa shape index (κ1) is 72.4. The molecule has 1 rings (SSSR count). The Labute approximate surface area is 478 Å². The summed E-state index contributed by atoms with van der Waals surface area (Å²) in [7, 11) is 0. The van der Waals surface area contributed by atoms with Gasteiger partial charge in [0.1, 0.15) is 18.8 Å². The largest absolute Gasteiger partial charge is 0.479 e. The van der Waals surface area contributed by atoms with E-state index in [1.54, 1.807) is 0 Å². The number of esters is 3. The van der Waals surface area contributed by atoms with Crippen LogP contribution < -0.4 is 0 Å². The topological polar surface area (TPSA) is 175 Å². The number of carboxylic acid groups (broad SMARTS) is 1. The van der Waals surface area contributed by atoms with Crippen molar-refractivity contribution >= 4 is 23.9 Å². The normalized spacial score (nSPS) is 18.6. The van der Waals surface area contributed by atoms with Crippen molar-refractivity contribution in [3.8, 4) is 0 Å². The van der Waals surface area contributed by atoms with Crippen LogP contribution in [0.2, 0.25) is 0 Å². The van der Waals surface area contributed by atoms with Gasteiger partial charge >= 0.3 is 23.9 Å². The van der Waals surface area contributed by atoms with Crippen LogP contribution in [0.5, 0.6) is 0 Å². The molecular formula is C67H108O12. The van der Waals surface area contributed by atoms with Crippen molar-refractivity contribution in [1.82, 2.24) is 0 Å². The molecule has 1 aliphatic rings. The quantitative estimate of drug-likeness (QED) is 0.0228. The molecule has 1 aliphatic heterocycles. The average molecular weight is 1110 g/mol. The molecule has 0 bridgehead atoms. The standard InChI is InChI=1S/C67H108O12/c1-4-7-10-13-16-19-22-25-28-30-33-35-38-41-44-47-50-53-59(68)75-56-58(77-60(69)54-51-48-45-42-39-36-32-27-24-21-18-15-12-9-6-3)57-76-67-65(63(72)62(71)64(79-67)66(73)74)78-61(70)55-52-49-46-43-40-37-34-31-29-26-23-20-17-14-11-8-5-2/h8-9,11-12,17-18,20-21,25-29,32,34,37,39,42,58,62-65,67,71-72H,4-7,10,13-16,19,22-24,30-31,33,35-36,38,40-41,43-57H2,1-3H3,(H,73,74)/b11-8-,12-9-,20-17-,21-18-,28-25-,29-26-,32-27-,37-34-,42-39-. The minimum absolute atomic E-state index is 0.0219. The van der Waals surface area contributed by atoms with Crippen LogP contribution in [-0.4, -0.2) is 89.2 Å². The van der Waals surface area contributed by atoms with Crippen molar-refractivity contribution in [3.63, 3.8) is 0 Å². The van der Waals surface area contributed by atoms with E-state index in [0.29, 0.717) is 19.3 Å². The highest BCUT2D eigenvalue weighted by Crippen LogP contribution is 2.26. The third-order valence-electron chi connectivity index (χ3n) is 13.3. The van der Waals surface area contributed by atoms with E-state index in [-0.39, 0.29) is 25.9 Å². The zero-order chi connectivity index (χ0) is 57.5. The van der Waals surface area contributed by atoms with Gasteiger partial charge in [0.2, 0.25) is 0 Å². The van der Waals surface area contributed by atoms with Crippen molar-refractivity contribution in [2.75, 3.05) is 13.2 Å². The van der Waals surface area contributed by atoms with Gasteiger partial charge in [0, 0.05) is 19.3 Å². The van der Waals surface area contributed by atoms with Gasteiger partial charge < -0.3 is 39.0 Å². The lowest BCUT2D eigenvalue weighted by Crippen LogP contribution is -2.61. The molecular weight excluding hydrogens is 997 g/mol. The van der Waals surface area contributed by atoms with Crippen LogP contribution in [-0.2, 0) is 42.9 Å². The van der Waals surface area contributed by atoms with E-state index in [9.17, 15) is 34.5 Å². The van der Waals surface area contributed by atoms with E-state index in [4.69, 9.17) is 23.7 Å². The lowest BCUT2D eigenvalue weighted by molar-refractivity contribution is -0.301. The third-order valence-corrected chi connectivity index (χ3v) is 13.3. The first-order chi connectivity index (χ1) is 38.6. The molecule has 0 radical (unpaired) electrons. The molecule has 6 unspecified atom stereocenters. The molecule has 1 heterocycles. The maximum atomic E-state index is 13.2. The molecule has 0 spiro atoms. The number of unbranched alkanes of at least 4 members (excludes halogenated alkanes) is 19. The molecule has 6 atom stereocenters. The van der Waals surface area contributed by atoms with Crippen molar-refractivity contribution in [2.24, 2.45) is 0 Å². The summed E-state index contributed by atoms with van der Waals surface area (Å²) in [5.74, 6) is -3.22. The zero-order valence-electron chi connectivity index (χ0n) is 49.3. The number of rotatable bonds is 51. The van der Waals surface area contributed by atoms with Crippen LogP contribution >= 0.6 is 0 Å².